The number of piperazine rings is 1. The standard InChI is InChI=1S/C14H20Br2N2O/c15-4-5-17-6-8-18(9-7-17)10-11-19-14-3-1-2-13(16)12-14/h1-3,12H,4-11H2. The van der Waals surface area contributed by atoms with Crippen LogP contribution in [0.1, 0.15) is 0 Å². The van der Waals surface area contributed by atoms with Crippen molar-refractivity contribution < 1.29 is 4.74 Å². The van der Waals surface area contributed by atoms with Crippen molar-refractivity contribution in [2.45, 2.75) is 0 Å². The Morgan fingerprint density at radius 2 is 1.74 bits per heavy atom. The maximum atomic E-state index is 5.77. The van der Waals surface area contributed by atoms with Crippen molar-refractivity contribution in [3.05, 3.63) is 28.7 Å². The summed E-state index contributed by atoms with van der Waals surface area (Å²) in [6, 6.07) is 8.01. The van der Waals surface area contributed by atoms with Crippen molar-refractivity contribution in [2.24, 2.45) is 0 Å². The molecule has 0 amide bonds. The Kier molecular flexibility index (Phi) is 6.64. The van der Waals surface area contributed by atoms with Gasteiger partial charge in [0.2, 0.25) is 0 Å². The van der Waals surface area contributed by atoms with Crippen LogP contribution in [0.2, 0.25) is 0 Å². The summed E-state index contributed by atoms with van der Waals surface area (Å²) in [4.78, 5) is 4.98. The number of nitrogens with zero attached hydrogens (tertiary/aromatic N) is 2. The first-order valence-electron chi connectivity index (χ1n) is 6.67. The number of rotatable bonds is 6. The van der Waals surface area contributed by atoms with Gasteiger partial charge in [-0.25, -0.2) is 0 Å². The quantitative estimate of drug-likeness (QED) is 0.693. The molecule has 5 heteroatoms. The average molecular weight is 392 g/mol. The molecule has 2 rings (SSSR count). The van der Waals surface area contributed by atoms with E-state index in [-0.39, 0.29) is 0 Å². The van der Waals surface area contributed by atoms with Crippen LogP contribution in [-0.2, 0) is 0 Å². The van der Waals surface area contributed by atoms with Crippen LogP contribution in [0.15, 0.2) is 28.7 Å². The molecule has 1 aliphatic rings. The lowest BCUT2D eigenvalue weighted by Crippen LogP contribution is -2.47. The van der Waals surface area contributed by atoms with Crippen LogP contribution in [0.5, 0.6) is 5.75 Å². The molecule has 0 unspecified atom stereocenters. The summed E-state index contributed by atoms with van der Waals surface area (Å²) in [7, 11) is 0. The van der Waals surface area contributed by atoms with Crippen LogP contribution >= 0.6 is 31.9 Å². The largest absolute Gasteiger partial charge is 0.492 e. The van der Waals surface area contributed by atoms with Gasteiger partial charge in [0.1, 0.15) is 12.4 Å². The lowest BCUT2D eigenvalue weighted by atomic mass is 10.3. The molecule has 0 saturated carbocycles. The molecule has 0 aliphatic carbocycles. The fourth-order valence-corrected chi connectivity index (χ4v) is 3.09. The highest BCUT2D eigenvalue weighted by atomic mass is 79.9. The lowest BCUT2D eigenvalue weighted by molar-refractivity contribution is 0.121. The molecular weight excluding hydrogens is 372 g/mol. The number of hydrogen-bond acceptors (Lipinski definition) is 3. The van der Waals surface area contributed by atoms with Gasteiger partial charge in [-0.1, -0.05) is 37.9 Å². The third kappa shape index (κ3) is 5.42. The Hall–Kier alpha value is -0.100. The smallest absolute Gasteiger partial charge is 0.120 e. The van der Waals surface area contributed by atoms with Crippen molar-refractivity contribution in [3.8, 4) is 5.75 Å². The van der Waals surface area contributed by atoms with E-state index < -0.39 is 0 Å². The van der Waals surface area contributed by atoms with Crippen LogP contribution in [0, 0.1) is 0 Å². The van der Waals surface area contributed by atoms with E-state index in [1.165, 1.54) is 13.1 Å². The minimum atomic E-state index is 0.759. The Morgan fingerprint density at radius 1 is 1.05 bits per heavy atom. The van der Waals surface area contributed by atoms with Crippen molar-refractivity contribution in [3.63, 3.8) is 0 Å². The van der Waals surface area contributed by atoms with E-state index in [2.05, 4.69) is 41.7 Å². The van der Waals surface area contributed by atoms with E-state index in [9.17, 15) is 0 Å². The average Bonchev–Trinajstić information content (AvgIpc) is 2.41. The summed E-state index contributed by atoms with van der Waals surface area (Å²) in [5.74, 6) is 0.937. The maximum Gasteiger partial charge on any atom is 0.120 e. The van der Waals surface area contributed by atoms with Gasteiger partial charge in [-0.15, -0.1) is 0 Å². The van der Waals surface area contributed by atoms with Crippen LogP contribution in [0.4, 0.5) is 0 Å². The zero-order valence-corrected chi connectivity index (χ0v) is 14.2. The number of alkyl halides is 1. The summed E-state index contributed by atoms with van der Waals surface area (Å²) in [5, 5.41) is 1.07. The monoisotopic (exact) mass is 390 g/mol. The van der Waals surface area contributed by atoms with Gasteiger partial charge in [0.25, 0.3) is 0 Å². The van der Waals surface area contributed by atoms with Gasteiger partial charge < -0.3 is 4.74 Å². The molecule has 1 aromatic carbocycles. The molecule has 0 N–H and O–H groups in total. The van der Waals surface area contributed by atoms with Gasteiger partial charge in [-0.3, -0.25) is 9.80 Å². The topological polar surface area (TPSA) is 15.7 Å². The SMILES string of the molecule is BrCCN1CCN(CCOc2cccc(Br)c2)CC1. The van der Waals surface area contributed by atoms with Gasteiger partial charge in [0.15, 0.2) is 0 Å². The van der Waals surface area contributed by atoms with Gasteiger partial charge in [0.05, 0.1) is 0 Å². The minimum absolute atomic E-state index is 0.759. The van der Waals surface area contributed by atoms with Crippen molar-refractivity contribution >= 4 is 31.9 Å². The molecule has 3 nitrogen and oxygen atoms in total. The van der Waals surface area contributed by atoms with Gasteiger partial charge in [-0.05, 0) is 18.2 Å². The van der Waals surface area contributed by atoms with Gasteiger partial charge in [0, 0.05) is 49.1 Å². The second-order valence-corrected chi connectivity index (χ2v) is 6.39. The van der Waals surface area contributed by atoms with Crippen LogP contribution < -0.4 is 4.74 Å². The molecular formula is C14H20Br2N2O. The molecule has 0 spiro atoms. The minimum Gasteiger partial charge on any atom is -0.492 e. The van der Waals surface area contributed by atoms with Crippen molar-refractivity contribution in [1.82, 2.24) is 9.80 Å². The summed E-state index contributed by atoms with van der Waals surface area (Å²) in [5.41, 5.74) is 0. The van der Waals surface area contributed by atoms with Gasteiger partial charge in [-0.2, -0.15) is 0 Å². The zero-order valence-electron chi connectivity index (χ0n) is 11.0. The molecule has 0 aromatic heterocycles. The Morgan fingerprint density at radius 3 is 2.37 bits per heavy atom. The van der Waals surface area contributed by atoms with E-state index in [1.54, 1.807) is 0 Å². The predicted octanol–water partition coefficient (Wildman–Crippen LogP) is 2.84. The number of ether oxygens (including phenoxy) is 1. The van der Waals surface area contributed by atoms with Crippen LogP contribution in [0.25, 0.3) is 0 Å². The highest BCUT2D eigenvalue weighted by Gasteiger charge is 2.15. The summed E-state index contributed by atoms with van der Waals surface area (Å²) >= 11 is 6.95. The Balaban J connectivity index is 1.64. The Bertz CT molecular complexity index is 381. The third-order valence-electron chi connectivity index (χ3n) is 3.34. The summed E-state index contributed by atoms with van der Waals surface area (Å²) in [6.45, 7) is 7.56. The molecule has 1 aromatic rings. The lowest BCUT2D eigenvalue weighted by Gasteiger charge is -2.34. The van der Waals surface area contributed by atoms with E-state index in [0.29, 0.717) is 0 Å². The fourth-order valence-electron chi connectivity index (χ4n) is 2.21. The molecule has 19 heavy (non-hydrogen) atoms. The normalized spacial score (nSPS) is 17.6. The molecule has 1 fully saturated rings. The van der Waals surface area contributed by atoms with E-state index >= 15 is 0 Å². The highest BCUT2D eigenvalue weighted by molar-refractivity contribution is 9.10. The van der Waals surface area contributed by atoms with Crippen LogP contribution in [0.3, 0.4) is 0 Å². The second kappa shape index (κ2) is 8.25. The predicted molar refractivity (Wildman–Crippen MR) is 86.3 cm³/mol. The van der Waals surface area contributed by atoms with E-state index in [0.717, 1.165) is 48.3 Å². The highest BCUT2D eigenvalue weighted by Crippen LogP contribution is 2.17. The zero-order chi connectivity index (χ0) is 13.5. The first-order valence-corrected chi connectivity index (χ1v) is 8.58. The molecule has 0 atom stereocenters. The molecule has 0 bridgehead atoms. The maximum absolute atomic E-state index is 5.77. The van der Waals surface area contributed by atoms with Gasteiger partial charge >= 0.3 is 0 Å². The summed E-state index contributed by atoms with van der Waals surface area (Å²) < 4.78 is 6.83. The van der Waals surface area contributed by atoms with E-state index in [4.69, 9.17) is 4.74 Å². The first kappa shape index (κ1) is 15.3. The van der Waals surface area contributed by atoms with Crippen molar-refractivity contribution in [1.29, 1.82) is 0 Å². The Labute approximate surface area is 132 Å². The molecule has 1 heterocycles. The fraction of sp³-hybridized carbons (Fsp3) is 0.571. The second-order valence-electron chi connectivity index (χ2n) is 4.68. The molecule has 1 saturated heterocycles. The number of hydrogen-bond donors (Lipinski definition) is 0. The number of benzene rings is 1. The molecule has 106 valence electrons. The van der Waals surface area contributed by atoms with Crippen LogP contribution in [-0.4, -0.2) is 61.0 Å². The molecule has 0 radical (unpaired) electrons. The van der Waals surface area contributed by atoms with E-state index in [1.807, 2.05) is 24.3 Å². The van der Waals surface area contributed by atoms with Crippen molar-refractivity contribution in [2.75, 3.05) is 51.2 Å². The first-order chi connectivity index (χ1) is 9.28. The third-order valence-corrected chi connectivity index (χ3v) is 4.19. The molecule has 1 aliphatic heterocycles. The number of halogens is 2. The summed E-state index contributed by atoms with van der Waals surface area (Å²) in [6.07, 6.45) is 0.